The number of hydrogen-bond donors (Lipinski definition) is 1. The van der Waals surface area contributed by atoms with Crippen molar-refractivity contribution in [2.75, 3.05) is 25.0 Å². The average molecular weight is 344 g/mol. The minimum Gasteiger partial charge on any atom is -0.462 e. The third-order valence-electron chi connectivity index (χ3n) is 4.79. The van der Waals surface area contributed by atoms with Gasteiger partial charge in [0.2, 0.25) is 11.8 Å². The molecule has 1 aromatic carbocycles. The molecule has 1 aliphatic heterocycles. The summed E-state index contributed by atoms with van der Waals surface area (Å²) in [7, 11) is 0. The monoisotopic (exact) mass is 344 g/mol. The number of rotatable bonds is 5. The fourth-order valence-corrected chi connectivity index (χ4v) is 3.31. The molecule has 2 aliphatic rings. The molecular weight excluding hydrogens is 320 g/mol. The van der Waals surface area contributed by atoms with Gasteiger partial charge in [-0.05, 0) is 44.7 Å². The molecule has 6 nitrogen and oxygen atoms in total. The lowest BCUT2D eigenvalue weighted by molar-refractivity contribution is -0.134. The number of amides is 2. The molecule has 2 fully saturated rings. The number of nitrogens with one attached hydrogen (secondary N) is 1. The van der Waals surface area contributed by atoms with Crippen LogP contribution in [0.25, 0.3) is 0 Å². The van der Waals surface area contributed by atoms with Crippen LogP contribution in [0.2, 0.25) is 0 Å². The third-order valence-corrected chi connectivity index (χ3v) is 4.79. The number of anilines is 1. The maximum atomic E-state index is 12.5. The molecule has 1 aliphatic carbocycles. The number of nitrogens with zero attached hydrogens (tertiary/aromatic N) is 1. The molecule has 0 aromatic heterocycles. The van der Waals surface area contributed by atoms with E-state index in [2.05, 4.69) is 5.32 Å². The molecule has 0 bridgehead atoms. The number of benzene rings is 1. The van der Waals surface area contributed by atoms with Crippen LogP contribution >= 0.6 is 0 Å². The zero-order valence-electron chi connectivity index (χ0n) is 14.5. The van der Waals surface area contributed by atoms with E-state index in [0.29, 0.717) is 17.7 Å². The van der Waals surface area contributed by atoms with Crippen LogP contribution in [0.5, 0.6) is 0 Å². The molecule has 0 radical (unpaired) electrons. The summed E-state index contributed by atoms with van der Waals surface area (Å²) in [5.41, 5.74) is 0.763. The molecule has 6 heteroatoms. The Kier molecular flexibility index (Phi) is 5.36. The Morgan fingerprint density at radius 3 is 2.56 bits per heavy atom. The summed E-state index contributed by atoms with van der Waals surface area (Å²) in [5.74, 6) is -1.08. The molecule has 2 unspecified atom stereocenters. The average Bonchev–Trinajstić information content (AvgIpc) is 3.43. The van der Waals surface area contributed by atoms with Gasteiger partial charge in [-0.3, -0.25) is 9.59 Å². The van der Waals surface area contributed by atoms with Gasteiger partial charge in [0.25, 0.3) is 0 Å². The number of carbonyl (C=O) groups is 3. The molecule has 134 valence electrons. The Morgan fingerprint density at radius 1 is 1.12 bits per heavy atom. The Balaban J connectivity index is 1.60. The molecule has 1 N–H and O–H groups in total. The topological polar surface area (TPSA) is 75.7 Å². The van der Waals surface area contributed by atoms with Crippen LogP contribution in [0.1, 0.15) is 43.0 Å². The van der Waals surface area contributed by atoms with Crippen LogP contribution in [-0.2, 0) is 14.3 Å². The van der Waals surface area contributed by atoms with Crippen LogP contribution in [0.15, 0.2) is 24.3 Å². The smallest absolute Gasteiger partial charge is 0.340 e. The van der Waals surface area contributed by atoms with Crippen molar-refractivity contribution < 1.29 is 19.1 Å². The van der Waals surface area contributed by atoms with Crippen molar-refractivity contribution in [1.82, 2.24) is 4.90 Å². The van der Waals surface area contributed by atoms with Gasteiger partial charge in [0, 0.05) is 13.1 Å². The van der Waals surface area contributed by atoms with Gasteiger partial charge in [-0.15, -0.1) is 0 Å². The van der Waals surface area contributed by atoms with Gasteiger partial charge < -0.3 is 15.0 Å². The summed E-state index contributed by atoms with van der Waals surface area (Å²) in [6, 6.07) is 6.77. The molecule has 2 amide bonds. The molecule has 1 saturated heterocycles. The first-order valence-corrected chi connectivity index (χ1v) is 8.97. The number of ether oxygens (including phenoxy) is 1. The molecule has 1 heterocycles. The number of carbonyl (C=O) groups excluding carboxylic acids is 3. The van der Waals surface area contributed by atoms with E-state index in [1.165, 1.54) is 6.42 Å². The van der Waals surface area contributed by atoms with E-state index in [1.54, 1.807) is 31.2 Å². The lowest BCUT2D eigenvalue weighted by Gasteiger charge is -2.26. The van der Waals surface area contributed by atoms with Crippen molar-refractivity contribution in [3.05, 3.63) is 29.8 Å². The molecule has 25 heavy (non-hydrogen) atoms. The van der Waals surface area contributed by atoms with E-state index < -0.39 is 5.97 Å². The van der Waals surface area contributed by atoms with E-state index in [1.807, 2.05) is 4.90 Å². The standard InChI is InChI=1S/C19H24N2O4/c1-2-25-19(24)13-8-4-5-9-16(13)20-17(22)14-12-15(14)18(23)21-10-6-3-7-11-21/h4-5,8-9,14-15H,2-3,6-7,10-12H2,1H3,(H,20,22). The van der Waals surface area contributed by atoms with Crippen molar-refractivity contribution in [3.8, 4) is 0 Å². The van der Waals surface area contributed by atoms with Gasteiger partial charge in [0.05, 0.1) is 29.7 Å². The van der Waals surface area contributed by atoms with Gasteiger partial charge in [0.1, 0.15) is 0 Å². The predicted octanol–water partition coefficient (Wildman–Crippen LogP) is 2.45. The lowest BCUT2D eigenvalue weighted by atomic mass is 10.1. The molecule has 0 spiro atoms. The summed E-state index contributed by atoms with van der Waals surface area (Å²) in [6.45, 7) is 3.61. The van der Waals surface area contributed by atoms with Crippen LogP contribution in [-0.4, -0.2) is 42.4 Å². The zero-order valence-corrected chi connectivity index (χ0v) is 14.5. The summed E-state index contributed by atoms with van der Waals surface area (Å²) < 4.78 is 5.01. The molecule has 2 atom stereocenters. The van der Waals surface area contributed by atoms with E-state index in [0.717, 1.165) is 25.9 Å². The largest absolute Gasteiger partial charge is 0.462 e. The number of esters is 1. The van der Waals surface area contributed by atoms with Crippen molar-refractivity contribution >= 4 is 23.5 Å². The van der Waals surface area contributed by atoms with E-state index in [9.17, 15) is 14.4 Å². The summed E-state index contributed by atoms with van der Waals surface area (Å²) in [5, 5.41) is 2.79. The normalized spacial score (nSPS) is 22.2. The Bertz CT molecular complexity index is 667. The number of hydrogen-bond acceptors (Lipinski definition) is 4. The highest BCUT2D eigenvalue weighted by atomic mass is 16.5. The molecular formula is C19H24N2O4. The minimum absolute atomic E-state index is 0.0959. The van der Waals surface area contributed by atoms with Crippen molar-refractivity contribution in [2.45, 2.75) is 32.6 Å². The van der Waals surface area contributed by atoms with E-state index in [4.69, 9.17) is 4.74 Å². The van der Waals surface area contributed by atoms with Gasteiger partial charge in [-0.25, -0.2) is 4.79 Å². The molecule has 1 aromatic rings. The van der Waals surface area contributed by atoms with Gasteiger partial charge in [-0.2, -0.15) is 0 Å². The lowest BCUT2D eigenvalue weighted by Crippen LogP contribution is -2.37. The number of likely N-dealkylation sites (tertiary alicyclic amines) is 1. The van der Waals surface area contributed by atoms with Crippen LogP contribution in [0.4, 0.5) is 5.69 Å². The van der Waals surface area contributed by atoms with Gasteiger partial charge in [0.15, 0.2) is 0 Å². The quantitative estimate of drug-likeness (QED) is 0.833. The minimum atomic E-state index is -0.463. The second kappa shape index (κ2) is 7.68. The van der Waals surface area contributed by atoms with E-state index in [-0.39, 0.29) is 30.3 Å². The maximum Gasteiger partial charge on any atom is 0.340 e. The zero-order chi connectivity index (χ0) is 17.8. The van der Waals surface area contributed by atoms with Crippen molar-refractivity contribution in [1.29, 1.82) is 0 Å². The highest BCUT2D eigenvalue weighted by Crippen LogP contribution is 2.41. The highest BCUT2D eigenvalue weighted by Gasteiger charge is 2.49. The number of para-hydroxylation sites is 1. The third kappa shape index (κ3) is 4.00. The van der Waals surface area contributed by atoms with Crippen molar-refractivity contribution in [3.63, 3.8) is 0 Å². The van der Waals surface area contributed by atoms with Crippen molar-refractivity contribution in [2.24, 2.45) is 11.8 Å². The summed E-state index contributed by atoms with van der Waals surface area (Å²) in [4.78, 5) is 38.8. The SMILES string of the molecule is CCOC(=O)c1ccccc1NC(=O)C1CC1C(=O)N1CCCCC1. The van der Waals surface area contributed by atoms with Crippen LogP contribution in [0, 0.1) is 11.8 Å². The summed E-state index contributed by atoms with van der Waals surface area (Å²) in [6.07, 6.45) is 3.84. The first-order chi connectivity index (χ1) is 12.1. The Labute approximate surface area is 147 Å². The van der Waals surface area contributed by atoms with E-state index >= 15 is 0 Å². The first kappa shape index (κ1) is 17.5. The summed E-state index contributed by atoms with van der Waals surface area (Å²) >= 11 is 0. The van der Waals surface area contributed by atoms with Gasteiger partial charge in [-0.1, -0.05) is 12.1 Å². The Morgan fingerprint density at radius 2 is 1.84 bits per heavy atom. The first-order valence-electron chi connectivity index (χ1n) is 8.97. The molecule has 1 saturated carbocycles. The maximum absolute atomic E-state index is 12.5. The Hall–Kier alpha value is -2.37. The second-order valence-corrected chi connectivity index (χ2v) is 6.59. The van der Waals surface area contributed by atoms with Crippen LogP contribution in [0.3, 0.4) is 0 Å². The fraction of sp³-hybridized carbons (Fsp3) is 0.526. The predicted molar refractivity (Wildman–Crippen MR) is 93.1 cm³/mol. The highest BCUT2D eigenvalue weighted by molar-refractivity contribution is 6.04. The molecule has 3 rings (SSSR count). The fourth-order valence-electron chi connectivity index (χ4n) is 3.31. The second-order valence-electron chi connectivity index (χ2n) is 6.59. The number of piperidine rings is 1. The van der Waals surface area contributed by atoms with Crippen LogP contribution < -0.4 is 5.32 Å². The van der Waals surface area contributed by atoms with Gasteiger partial charge >= 0.3 is 5.97 Å².